The van der Waals surface area contributed by atoms with E-state index in [4.69, 9.17) is 33.4 Å². The molecule has 6 nitrogen and oxygen atoms in total. The molecule has 0 aliphatic rings. The zero-order valence-electron chi connectivity index (χ0n) is 19.1. The van der Waals surface area contributed by atoms with Crippen molar-refractivity contribution >= 4 is 46.7 Å². The average Bonchev–Trinajstić information content (AvgIpc) is 2.89. The maximum Gasteiger partial charge on any atom is 0.336 e. The molecule has 0 saturated heterocycles. The predicted molar refractivity (Wildman–Crippen MR) is 136 cm³/mol. The summed E-state index contributed by atoms with van der Waals surface area (Å²) in [5.74, 6) is -5.05. The molecule has 0 bridgehead atoms. The SMILES string of the molecule is O=C(O)c1cc(F)ccc1C(=O)c1ccc(Cl)cc1.O=C(O)c1ccc(F)cc1C(=O)c1ccc(Cl)cc1. The molecule has 0 unspecified atom stereocenters. The number of carbonyl (C=O) groups is 4. The molecule has 0 amide bonds. The summed E-state index contributed by atoms with van der Waals surface area (Å²) >= 11 is 11.4. The fourth-order valence-corrected chi connectivity index (χ4v) is 3.55. The first-order chi connectivity index (χ1) is 18.0. The molecule has 0 heterocycles. The lowest BCUT2D eigenvalue weighted by atomic mass is 9.98. The first kappa shape index (κ1) is 28.2. The van der Waals surface area contributed by atoms with Crippen molar-refractivity contribution in [1.29, 1.82) is 0 Å². The number of halogens is 4. The summed E-state index contributed by atoms with van der Waals surface area (Å²) in [6.07, 6.45) is 0. The van der Waals surface area contributed by atoms with Crippen LogP contribution < -0.4 is 0 Å². The van der Waals surface area contributed by atoms with Gasteiger partial charge >= 0.3 is 11.9 Å². The Hall–Kier alpha value is -4.40. The van der Waals surface area contributed by atoms with Gasteiger partial charge in [0.15, 0.2) is 11.6 Å². The van der Waals surface area contributed by atoms with Crippen molar-refractivity contribution < 1.29 is 38.2 Å². The van der Waals surface area contributed by atoms with Crippen molar-refractivity contribution in [3.63, 3.8) is 0 Å². The van der Waals surface area contributed by atoms with Crippen molar-refractivity contribution in [2.24, 2.45) is 0 Å². The number of ketones is 2. The molecule has 4 aromatic carbocycles. The third-order valence-electron chi connectivity index (χ3n) is 5.13. The van der Waals surface area contributed by atoms with E-state index in [-0.39, 0.29) is 27.8 Å². The number of aromatic carboxylic acids is 2. The Morgan fingerprint density at radius 3 is 1.29 bits per heavy atom. The Labute approximate surface area is 224 Å². The van der Waals surface area contributed by atoms with E-state index >= 15 is 0 Å². The lowest BCUT2D eigenvalue weighted by molar-refractivity contribution is 0.0683. The molecule has 0 atom stereocenters. The monoisotopic (exact) mass is 556 g/mol. The van der Waals surface area contributed by atoms with Crippen LogP contribution in [-0.2, 0) is 0 Å². The van der Waals surface area contributed by atoms with Crippen LogP contribution in [0.3, 0.4) is 0 Å². The molecule has 4 rings (SSSR count). The number of hydrogen-bond acceptors (Lipinski definition) is 4. The van der Waals surface area contributed by atoms with Gasteiger partial charge in [0.2, 0.25) is 0 Å². The van der Waals surface area contributed by atoms with Gasteiger partial charge in [0, 0.05) is 32.3 Å². The molecule has 38 heavy (non-hydrogen) atoms. The van der Waals surface area contributed by atoms with Crippen LogP contribution in [0.1, 0.15) is 52.6 Å². The normalized spacial score (nSPS) is 10.2. The van der Waals surface area contributed by atoms with Crippen LogP contribution in [0.2, 0.25) is 10.0 Å². The second kappa shape index (κ2) is 12.2. The van der Waals surface area contributed by atoms with Crippen LogP contribution in [0.25, 0.3) is 0 Å². The van der Waals surface area contributed by atoms with Gasteiger partial charge in [-0.2, -0.15) is 0 Å². The van der Waals surface area contributed by atoms with E-state index in [2.05, 4.69) is 0 Å². The van der Waals surface area contributed by atoms with Crippen molar-refractivity contribution in [3.8, 4) is 0 Å². The zero-order valence-corrected chi connectivity index (χ0v) is 20.6. The van der Waals surface area contributed by atoms with Gasteiger partial charge in [-0.3, -0.25) is 9.59 Å². The highest BCUT2D eigenvalue weighted by atomic mass is 35.5. The Morgan fingerprint density at radius 2 is 0.868 bits per heavy atom. The quantitative estimate of drug-likeness (QED) is 0.252. The summed E-state index contributed by atoms with van der Waals surface area (Å²) in [6.45, 7) is 0. The topological polar surface area (TPSA) is 109 Å². The number of rotatable bonds is 6. The molecule has 0 radical (unpaired) electrons. The standard InChI is InChI=1S/2C14H8ClFO3/c15-9-3-1-8(2-4-9)13(17)12-7-10(16)5-6-11(12)14(18)19;15-9-3-1-8(2-4-9)13(17)11-6-5-10(16)7-12(11)14(18)19/h2*1-7H,(H,18,19). The number of carbonyl (C=O) groups excluding carboxylic acids is 2. The van der Waals surface area contributed by atoms with Crippen LogP contribution in [0.5, 0.6) is 0 Å². The minimum absolute atomic E-state index is 0.0591. The minimum atomic E-state index is -1.35. The predicted octanol–water partition coefficient (Wildman–Crippen LogP) is 6.82. The lowest BCUT2D eigenvalue weighted by Crippen LogP contribution is -2.10. The lowest BCUT2D eigenvalue weighted by Gasteiger charge is -2.05. The zero-order chi connectivity index (χ0) is 28.0. The van der Waals surface area contributed by atoms with Gasteiger partial charge in [0.05, 0.1) is 11.1 Å². The first-order valence-electron chi connectivity index (χ1n) is 10.6. The van der Waals surface area contributed by atoms with Crippen LogP contribution in [0.4, 0.5) is 8.78 Å². The van der Waals surface area contributed by atoms with Crippen LogP contribution in [0, 0.1) is 11.6 Å². The molecule has 192 valence electrons. The van der Waals surface area contributed by atoms with E-state index in [9.17, 15) is 28.0 Å². The van der Waals surface area contributed by atoms with Crippen molar-refractivity contribution in [3.05, 3.63) is 140 Å². The Kier molecular flexibility index (Phi) is 9.07. The Balaban J connectivity index is 0.000000211. The molecule has 0 aliphatic carbocycles. The van der Waals surface area contributed by atoms with Gasteiger partial charge in [0.25, 0.3) is 0 Å². The second-order valence-corrected chi connectivity index (χ2v) is 8.54. The van der Waals surface area contributed by atoms with Gasteiger partial charge in [-0.15, -0.1) is 0 Å². The summed E-state index contributed by atoms with van der Waals surface area (Å²) < 4.78 is 26.2. The summed E-state index contributed by atoms with van der Waals surface area (Å²) in [5.41, 5.74) is -0.302. The maximum atomic E-state index is 13.2. The molecule has 0 spiro atoms. The molecule has 0 fully saturated rings. The van der Waals surface area contributed by atoms with E-state index in [1.807, 2.05) is 0 Å². The molecular weight excluding hydrogens is 541 g/mol. The first-order valence-corrected chi connectivity index (χ1v) is 11.4. The Morgan fingerprint density at radius 1 is 0.500 bits per heavy atom. The largest absolute Gasteiger partial charge is 0.478 e. The molecule has 4 aromatic rings. The number of carboxylic acids is 2. The highest BCUT2D eigenvalue weighted by molar-refractivity contribution is 6.31. The highest BCUT2D eigenvalue weighted by Gasteiger charge is 2.20. The van der Waals surface area contributed by atoms with Crippen LogP contribution >= 0.6 is 23.2 Å². The molecule has 2 N–H and O–H groups in total. The molecule has 0 aliphatic heterocycles. The van der Waals surface area contributed by atoms with Gasteiger partial charge in [-0.05, 0) is 84.9 Å². The summed E-state index contributed by atoms with van der Waals surface area (Å²) in [5, 5.41) is 18.9. The van der Waals surface area contributed by atoms with E-state index in [0.717, 1.165) is 36.4 Å². The number of carboxylic acid groups (broad SMARTS) is 2. The minimum Gasteiger partial charge on any atom is -0.478 e. The summed E-state index contributed by atoms with van der Waals surface area (Å²) in [4.78, 5) is 46.4. The third-order valence-corrected chi connectivity index (χ3v) is 5.63. The number of benzene rings is 4. The Bertz CT molecular complexity index is 1530. The fourth-order valence-electron chi connectivity index (χ4n) is 3.30. The molecule has 0 aromatic heterocycles. The highest BCUT2D eigenvalue weighted by Crippen LogP contribution is 2.19. The second-order valence-electron chi connectivity index (χ2n) is 7.66. The summed E-state index contributed by atoms with van der Waals surface area (Å²) in [7, 11) is 0. The average molecular weight is 557 g/mol. The van der Waals surface area contributed by atoms with Gasteiger partial charge in [-0.25, -0.2) is 18.4 Å². The van der Waals surface area contributed by atoms with E-state index in [1.54, 1.807) is 0 Å². The summed E-state index contributed by atoms with van der Waals surface area (Å²) in [6, 6.07) is 18.0. The fraction of sp³-hybridized carbons (Fsp3) is 0. The van der Waals surface area contributed by atoms with Crippen LogP contribution in [0.15, 0.2) is 84.9 Å². The van der Waals surface area contributed by atoms with Gasteiger partial charge in [0.1, 0.15) is 11.6 Å². The molecular formula is C28H16Cl2F2O6. The van der Waals surface area contributed by atoms with Crippen molar-refractivity contribution in [2.45, 2.75) is 0 Å². The molecule has 10 heteroatoms. The van der Waals surface area contributed by atoms with Gasteiger partial charge < -0.3 is 10.2 Å². The number of hydrogen-bond donors (Lipinski definition) is 2. The maximum absolute atomic E-state index is 13.2. The van der Waals surface area contributed by atoms with E-state index < -0.39 is 35.1 Å². The smallest absolute Gasteiger partial charge is 0.336 e. The van der Waals surface area contributed by atoms with Crippen molar-refractivity contribution in [2.75, 3.05) is 0 Å². The van der Waals surface area contributed by atoms with E-state index in [0.29, 0.717) is 15.6 Å². The van der Waals surface area contributed by atoms with Crippen LogP contribution in [-0.4, -0.2) is 33.7 Å². The third kappa shape index (κ3) is 6.88. The van der Waals surface area contributed by atoms with E-state index in [1.165, 1.54) is 48.5 Å². The van der Waals surface area contributed by atoms with Crippen molar-refractivity contribution in [1.82, 2.24) is 0 Å². The van der Waals surface area contributed by atoms with Gasteiger partial charge in [-0.1, -0.05) is 23.2 Å². The molecule has 0 saturated carbocycles.